The summed E-state index contributed by atoms with van der Waals surface area (Å²) in [7, 11) is 0. The van der Waals surface area contributed by atoms with Gasteiger partial charge in [-0.25, -0.2) is 0 Å². The minimum atomic E-state index is -0.484. The average molecular weight is 337 g/mol. The first-order valence-electron chi connectivity index (χ1n) is 9.41. The quantitative estimate of drug-likeness (QED) is 0.696. The van der Waals surface area contributed by atoms with E-state index in [0.717, 1.165) is 38.0 Å². The van der Waals surface area contributed by atoms with Crippen LogP contribution < -0.4 is 0 Å². The molecule has 4 aliphatic carbocycles. The van der Waals surface area contributed by atoms with E-state index in [1.807, 2.05) is 0 Å². The highest BCUT2D eigenvalue weighted by molar-refractivity contribution is 6.30. The molecular formula is C20H29ClO2. The molecule has 0 bridgehead atoms. The van der Waals surface area contributed by atoms with Gasteiger partial charge in [-0.2, -0.15) is 0 Å². The third-order valence-electron chi connectivity index (χ3n) is 8.37. The summed E-state index contributed by atoms with van der Waals surface area (Å²) in [6.07, 6.45) is 9.98. The van der Waals surface area contributed by atoms with Gasteiger partial charge in [-0.1, -0.05) is 31.5 Å². The van der Waals surface area contributed by atoms with Crippen LogP contribution in [0.5, 0.6) is 0 Å². The Bertz CT molecular complexity index is 556. The molecule has 3 saturated carbocycles. The van der Waals surface area contributed by atoms with Crippen LogP contribution in [0.15, 0.2) is 11.1 Å². The third kappa shape index (κ3) is 2.20. The van der Waals surface area contributed by atoms with Crippen LogP contribution in [0.1, 0.15) is 65.2 Å². The summed E-state index contributed by atoms with van der Waals surface area (Å²) in [6.45, 7) is 4.72. The van der Waals surface area contributed by atoms with Gasteiger partial charge in [0.1, 0.15) is 5.78 Å². The normalized spacial score (nSPS) is 53.0. The lowest BCUT2D eigenvalue weighted by Crippen LogP contribution is -2.57. The third-order valence-corrected chi connectivity index (χ3v) is 8.73. The van der Waals surface area contributed by atoms with Crippen LogP contribution in [0, 0.1) is 34.5 Å². The van der Waals surface area contributed by atoms with Gasteiger partial charge in [-0.05, 0) is 67.6 Å². The molecule has 23 heavy (non-hydrogen) atoms. The maximum Gasteiger partial charge on any atom is 0.133 e. The van der Waals surface area contributed by atoms with Crippen molar-refractivity contribution in [2.45, 2.75) is 71.3 Å². The summed E-state index contributed by atoms with van der Waals surface area (Å²) in [6, 6.07) is 0. The molecule has 7 atom stereocenters. The molecule has 2 nitrogen and oxygen atoms in total. The van der Waals surface area contributed by atoms with Crippen molar-refractivity contribution in [3.8, 4) is 0 Å². The Morgan fingerprint density at radius 3 is 2.70 bits per heavy atom. The lowest BCUT2D eigenvalue weighted by Gasteiger charge is -2.62. The maximum absolute atomic E-state index is 11.9. The summed E-state index contributed by atoms with van der Waals surface area (Å²) in [5, 5.41) is 11.4. The molecule has 0 aromatic heterocycles. The number of aliphatic hydroxyl groups is 1. The zero-order chi connectivity index (χ0) is 16.4. The maximum atomic E-state index is 11.9. The minimum absolute atomic E-state index is 0.0549. The Labute approximate surface area is 144 Å². The lowest BCUT2D eigenvalue weighted by molar-refractivity contribution is -0.149. The zero-order valence-electron chi connectivity index (χ0n) is 14.4. The summed E-state index contributed by atoms with van der Waals surface area (Å²) < 4.78 is 0. The van der Waals surface area contributed by atoms with Crippen molar-refractivity contribution in [1.82, 2.24) is 0 Å². The van der Waals surface area contributed by atoms with Crippen molar-refractivity contribution in [3.63, 3.8) is 0 Å². The first kappa shape index (κ1) is 16.1. The van der Waals surface area contributed by atoms with Crippen molar-refractivity contribution in [2.75, 3.05) is 0 Å². The molecule has 0 spiro atoms. The van der Waals surface area contributed by atoms with Crippen LogP contribution in [0.2, 0.25) is 0 Å². The van der Waals surface area contributed by atoms with E-state index in [1.54, 1.807) is 0 Å². The first-order chi connectivity index (χ1) is 10.9. The van der Waals surface area contributed by atoms with Crippen molar-refractivity contribution in [3.05, 3.63) is 11.1 Å². The van der Waals surface area contributed by atoms with Gasteiger partial charge >= 0.3 is 0 Å². The standard InChI is InChI=1S/C20H29ClO2/c1-19-9-7-13(22)11-12(19)3-4-14-15-5-6-17(21)18(23)20(15,2)10-8-16(14)19/h6,12,14-16,18,23H,3-5,7-11H2,1-2H3/t12-,14-,15-,16-,18?,19-,20-/m0/s1. The number of fused-ring (bicyclic) bond motifs is 5. The predicted molar refractivity (Wildman–Crippen MR) is 92.1 cm³/mol. The molecule has 1 unspecified atom stereocenters. The van der Waals surface area contributed by atoms with Gasteiger partial charge in [-0.3, -0.25) is 4.79 Å². The van der Waals surface area contributed by atoms with Crippen molar-refractivity contribution in [2.24, 2.45) is 34.5 Å². The number of aliphatic hydroxyl groups excluding tert-OH is 1. The topological polar surface area (TPSA) is 37.3 Å². The Hall–Kier alpha value is -0.340. The van der Waals surface area contributed by atoms with Crippen molar-refractivity contribution < 1.29 is 9.90 Å². The molecule has 4 aliphatic rings. The van der Waals surface area contributed by atoms with Crippen molar-refractivity contribution in [1.29, 1.82) is 0 Å². The van der Waals surface area contributed by atoms with Crippen LogP contribution >= 0.6 is 11.6 Å². The Morgan fingerprint density at radius 1 is 1.13 bits per heavy atom. The largest absolute Gasteiger partial charge is 0.387 e. The number of hydrogen-bond acceptors (Lipinski definition) is 2. The molecule has 0 aromatic carbocycles. The minimum Gasteiger partial charge on any atom is -0.387 e. The molecule has 128 valence electrons. The molecule has 0 heterocycles. The molecule has 0 aromatic rings. The highest BCUT2D eigenvalue weighted by Crippen LogP contribution is 2.65. The van der Waals surface area contributed by atoms with E-state index in [9.17, 15) is 9.90 Å². The molecule has 1 N–H and O–H groups in total. The summed E-state index contributed by atoms with van der Waals surface area (Å²) in [5.74, 6) is 3.05. The van der Waals surface area contributed by atoms with E-state index in [0.29, 0.717) is 34.0 Å². The van der Waals surface area contributed by atoms with E-state index in [-0.39, 0.29) is 5.41 Å². The van der Waals surface area contributed by atoms with Gasteiger partial charge in [0, 0.05) is 23.3 Å². The fourth-order valence-electron chi connectivity index (χ4n) is 6.84. The summed E-state index contributed by atoms with van der Waals surface area (Å²) in [4.78, 5) is 11.9. The summed E-state index contributed by atoms with van der Waals surface area (Å²) in [5.41, 5.74) is 0.286. The van der Waals surface area contributed by atoms with Gasteiger partial charge in [-0.15, -0.1) is 0 Å². The van der Waals surface area contributed by atoms with Gasteiger partial charge in [0.05, 0.1) is 6.10 Å². The highest BCUT2D eigenvalue weighted by atomic mass is 35.5. The van der Waals surface area contributed by atoms with Gasteiger partial charge in [0.25, 0.3) is 0 Å². The van der Waals surface area contributed by atoms with Gasteiger partial charge < -0.3 is 5.11 Å². The molecule has 3 heteroatoms. The molecule has 0 aliphatic heterocycles. The fourth-order valence-corrected chi connectivity index (χ4v) is 7.18. The molecule has 0 amide bonds. The summed E-state index contributed by atoms with van der Waals surface area (Å²) >= 11 is 6.28. The van der Waals surface area contributed by atoms with Crippen molar-refractivity contribution >= 4 is 17.4 Å². The number of halogens is 1. The number of carbonyl (C=O) groups is 1. The molecule has 0 radical (unpaired) electrons. The molecular weight excluding hydrogens is 308 g/mol. The smallest absolute Gasteiger partial charge is 0.133 e. The lowest BCUT2D eigenvalue weighted by atomic mass is 9.43. The van der Waals surface area contributed by atoms with E-state index in [4.69, 9.17) is 11.6 Å². The van der Waals surface area contributed by atoms with Gasteiger partial charge in [0.15, 0.2) is 0 Å². The van der Waals surface area contributed by atoms with Gasteiger partial charge in [0.2, 0.25) is 0 Å². The molecule has 3 fully saturated rings. The molecule has 4 rings (SSSR count). The second kappa shape index (κ2) is 5.33. The Balaban J connectivity index is 1.66. The van der Waals surface area contributed by atoms with E-state index in [2.05, 4.69) is 19.9 Å². The monoisotopic (exact) mass is 336 g/mol. The number of ketones is 1. The van der Waals surface area contributed by atoms with Crippen LogP contribution in [0.3, 0.4) is 0 Å². The zero-order valence-corrected chi connectivity index (χ0v) is 15.1. The van der Waals surface area contributed by atoms with E-state index >= 15 is 0 Å². The Kier molecular flexibility index (Phi) is 3.74. The number of Topliss-reactive ketones (excluding diaryl/α,β-unsaturated/α-hetero) is 1. The first-order valence-corrected chi connectivity index (χ1v) is 9.79. The number of allylic oxidation sites excluding steroid dienone is 1. The van der Waals surface area contributed by atoms with E-state index < -0.39 is 6.10 Å². The van der Waals surface area contributed by atoms with Crippen LogP contribution in [0.4, 0.5) is 0 Å². The fraction of sp³-hybridized carbons (Fsp3) is 0.850. The number of hydrogen-bond donors (Lipinski definition) is 1. The number of carbonyl (C=O) groups excluding carboxylic acids is 1. The highest BCUT2D eigenvalue weighted by Gasteiger charge is 2.59. The second-order valence-electron chi connectivity index (χ2n) is 9.17. The SMILES string of the molecule is C[C@]12CCC(=O)C[C@@H]1CC[C@@H]1[C@@H]2CC[C@]2(C)C(O)C(Cl)=CC[C@@H]12. The van der Waals surface area contributed by atoms with Crippen LogP contribution in [0.25, 0.3) is 0 Å². The van der Waals surface area contributed by atoms with Crippen LogP contribution in [-0.4, -0.2) is 17.0 Å². The molecule has 0 saturated heterocycles. The number of rotatable bonds is 0. The predicted octanol–water partition coefficient (Wildman–Crippen LogP) is 4.69. The van der Waals surface area contributed by atoms with Crippen LogP contribution in [-0.2, 0) is 4.79 Å². The van der Waals surface area contributed by atoms with E-state index in [1.165, 1.54) is 19.3 Å². The second-order valence-corrected chi connectivity index (χ2v) is 9.61. The Morgan fingerprint density at radius 2 is 1.91 bits per heavy atom. The average Bonchev–Trinajstić information content (AvgIpc) is 2.52.